The molecule has 0 aliphatic rings. The summed E-state index contributed by atoms with van der Waals surface area (Å²) in [6.45, 7) is 1.57. The first-order valence-electron chi connectivity index (χ1n) is 5.07. The van der Waals surface area contributed by atoms with Crippen LogP contribution in [-0.4, -0.2) is 24.8 Å². The Kier molecular flexibility index (Phi) is 4.49. The minimum atomic E-state index is -0.538. The van der Waals surface area contributed by atoms with E-state index in [1.165, 1.54) is 19.2 Å². The number of aliphatic hydroxyl groups is 1. The van der Waals surface area contributed by atoms with Crippen LogP contribution < -0.4 is 4.74 Å². The largest absolute Gasteiger partial charge is 0.495 e. The van der Waals surface area contributed by atoms with Gasteiger partial charge in [-0.05, 0) is 19.1 Å². The molecule has 0 fully saturated rings. The first-order chi connectivity index (χ1) is 8.19. The Balaban J connectivity index is 3.34. The Morgan fingerprint density at radius 2 is 2.24 bits per heavy atom. The van der Waals surface area contributed by atoms with Crippen molar-refractivity contribution in [1.29, 1.82) is 5.26 Å². The third-order valence-electron chi connectivity index (χ3n) is 2.24. The van der Waals surface area contributed by atoms with Crippen LogP contribution in [0.5, 0.6) is 5.75 Å². The number of carbonyl (C=O) groups excluding carboxylic acids is 1. The van der Waals surface area contributed by atoms with Crippen molar-refractivity contribution in [3.05, 3.63) is 28.8 Å². The lowest BCUT2D eigenvalue weighted by atomic mass is 10.0. The van der Waals surface area contributed by atoms with Crippen LogP contribution in [0.2, 0.25) is 0 Å². The third kappa shape index (κ3) is 2.55. The summed E-state index contributed by atoms with van der Waals surface area (Å²) in [5.41, 5.74) is 0.773. The highest BCUT2D eigenvalue weighted by Gasteiger charge is 2.19. The zero-order valence-corrected chi connectivity index (χ0v) is 9.69. The Morgan fingerprint density at radius 1 is 1.53 bits per heavy atom. The first kappa shape index (κ1) is 13.0. The summed E-state index contributed by atoms with van der Waals surface area (Å²) in [6.07, 6.45) is 0. The van der Waals surface area contributed by atoms with E-state index in [9.17, 15) is 9.90 Å². The van der Waals surface area contributed by atoms with Gasteiger partial charge in [-0.25, -0.2) is 4.79 Å². The van der Waals surface area contributed by atoms with Crippen molar-refractivity contribution in [2.75, 3.05) is 13.7 Å². The van der Waals surface area contributed by atoms with Crippen LogP contribution in [0.3, 0.4) is 0 Å². The molecule has 0 atom stereocenters. The van der Waals surface area contributed by atoms with Crippen molar-refractivity contribution in [3.8, 4) is 11.8 Å². The van der Waals surface area contributed by atoms with Crippen LogP contribution in [-0.2, 0) is 11.3 Å². The van der Waals surface area contributed by atoms with Gasteiger partial charge < -0.3 is 14.6 Å². The maximum absolute atomic E-state index is 11.6. The van der Waals surface area contributed by atoms with Crippen LogP contribution in [0.1, 0.15) is 28.4 Å². The molecule has 1 N–H and O–H groups in total. The summed E-state index contributed by atoms with van der Waals surface area (Å²) in [5.74, 6) is -0.353. The maximum atomic E-state index is 11.6. The Bertz CT molecular complexity index is 462. The summed E-state index contributed by atoms with van der Waals surface area (Å²) in [6, 6.07) is 4.84. The van der Waals surface area contributed by atoms with Gasteiger partial charge in [-0.1, -0.05) is 0 Å². The standard InChI is InChI=1S/C12H13NO4/c1-3-17-12(15)9-5-4-8(6-13)10(7-14)11(9)16-2/h4-5,14H,3,7H2,1-2H3. The van der Waals surface area contributed by atoms with E-state index in [2.05, 4.69) is 0 Å². The number of hydrogen-bond donors (Lipinski definition) is 1. The molecule has 0 aliphatic heterocycles. The lowest BCUT2D eigenvalue weighted by Gasteiger charge is -2.12. The molecule has 5 nitrogen and oxygen atoms in total. The zero-order chi connectivity index (χ0) is 12.8. The predicted octanol–water partition coefficient (Wildman–Crippen LogP) is 1.24. The fourth-order valence-electron chi connectivity index (χ4n) is 1.49. The van der Waals surface area contributed by atoms with Gasteiger partial charge in [-0.2, -0.15) is 5.26 Å². The molecule has 1 aromatic carbocycles. The second-order valence-corrected chi connectivity index (χ2v) is 3.16. The Labute approximate surface area is 99.2 Å². The van der Waals surface area contributed by atoms with Crippen molar-refractivity contribution in [2.45, 2.75) is 13.5 Å². The summed E-state index contributed by atoms with van der Waals surface area (Å²) in [5, 5.41) is 18.1. The molecule has 0 radical (unpaired) electrons. The average Bonchev–Trinajstić information content (AvgIpc) is 2.36. The molecule has 90 valence electrons. The van der Waals surface area contributed by atoms with Crippen LogP contribution in [0, 0.1) is 11.3 Å². The van der Waals surface area contributed by atoms with Crippen molar-refractivity contribution in [3.63, 3.8) is 0 Å². The molecular formula is C12H13NO4. The molecule has 0 heterocycles. The molecule has 0 spiro atoms. The van der Waals surface area contributed by atoms with Crippen LogP contribution in [0.4, 0.5) is 0 Å². The fourth-order valence-corrected chi connectivity index (χ4v) is 1.49. The number of rotatable bonds is 4. The zero-order valence-electron chi connectivity index (χ0n) is 9.69. The Hall–Kier alpha value is -2.06. The molecule has 0 bridgehead atoms. The van der Waals surface area contributed by atoms with Gasteiger partial charge in [-0.3, -0.25) is 0 Å². The van der Waals surface area contributed by atoms with E-state index in [-0.39, 0.29) is 30.1 Å². The highest BCUT2D eigenvalue weighted by atomic mass is 16.5. The van der Waals surface area contributed by atoms with Crippen LogP contribution in [0.25, 0.3) is 0 Å². The lowest BCUT2D eigenvalue weighted by molar-refractivity contribution is 0.0522. The smallest absolute Gasteiger partial charge is 0.341 e. The number of nitrogens with zero attached hydrogens (tertiary/aromatic N) is 1. The van der Waals surface area contributed by atoms with E-state index in [0.717, 1.165) is 0 Å². The highest BCUT2D eigenvalue weighted by molar-refractivity contribution is 5.93. The number of hydrogen-bond acceptors (Lipinski definition) is 5. The summed E-state index contributed by atoms with van der Waals surface area (Å²) >= 11 is 0. The molecular weight excluding hydrogens is 222 g/mol. The van der Waals surface area contributed by atoms with Gasteiger partial charge >= 0.3 is 5.97 Å². The summed E-state index contributed by atoms with van der Waals surface area (Å²) in [4.78, 5) is 11.6. The third-order valence-corrected chi connectivity index (χ3v) is 2.24. The van der Waals surface area contributed by atoms with Gasteiger partial charge in [-0.15, -0.1) is 0 Å². The van der Waals surface area contributed by atoms with Gasteiger partial charge in [0.2, 0.25) is 0 Å². The van der Waals surface area contributed by atoms with Gasteiger partial charge in [0.15, 0.2) is 0 Å². The second kappa shape index (κ2) is 5.87. The van der Waals surface area contributed by atoms with Crippen LogP contribution in [0.15, 0.2) is 12.1 Å². The monoisotopic (exact) mass is 235 g/mol. The highest BCUT2D eigenvalue weighted by Crippen LogP contribution is 2.27. The average molecular weight is 235 g/mol. The number of benzene rings is 1. The van der Waals surface area contributed by atoms with Crippen molar-refractivity contribution >= 4 is 5.97 Å². The molecule has 1 aromatic rings. The SMILES string of the molecule is CCOC(=O)c1ccc(C#N)c(CO)c1OC. The normalized spacial score (nSPS) is 9.53. The molecule has 1 rings (SSSR count). The number of aliphatic hydroxyl groups excluding tert-OH is 1. The number of nitriles is 1. The van der Waals surface area contributed by atoms with Gasteiger partial charge in [0.1, 0.15) is 11.3 Å². The van der Waals surface area contributed by atoms with E-state index < -0.39 is 5.97 Å². The van der Waals surface area contributed by atoms with E-state index in [0.29, 0.717) is 5.56 Å². The fraction of sp³-hybridized carbons (Fsp3) is 0.333. The molecule has 0 aromatic heterocycles. The van der Waals surface area contributed by atoms with Gasteiger partial charge in [0, 0.05) is 5.56 Å². The molecule has 0 aliphatic carbocycles. The molecule has 17 heavy (non-hydrogen) atoms. The van der Waals surface area contributed by atoms with E-state index in [1.807, 2.05) is 6.07 Å². The second-order valence-electron chi connectivity index (χ2n) is 3.16. The number of carbonyl (C=O) groups is 1. The van der Waals surface area contributed by atoms with Gasteiger partial charge in [0.05, 0.1) is 32.0 Å². The van der Waals surface area contributed by atoms with Crippen LogP contribution >= 0.6 is 0 Å². The summed E-state index contributed by atoms with van der Waals surface area (Å²) in [7, 11) is 1.37. The number of methoxy groups -OCH3 is 1. The van der Waals surface area contributed by atoms with Crippen molar-refractivity contribution in [1.82, 2.24) is 0 Å². The Morgan fingerprint density at radius 3 is 2.71 bits per heavy atom. The number of esters is 1. The lowest BCUT2D eigenvalue weighted by Crippen LogP contribution is -2.09. The molecule has 5 heteroatoms. The topological polar surface area (TPSA) is 79.6 Å². The maximum Gasteiger partial charge on any atom is 0.341 e. The predicted molar refractivity (Wildman–Crippen MR) is 59.6 cm³/mol. The van der Waals surface area contributed by atoms with Crippen molar-refractivity contribution < 1.29 is 19.4 Å². The number of ether oxygens (including phenoxy) is 2. The molecule has 0 saturated carbocycles. The summed E-state index contributed by atoms with van der Waals surface area (Å²) < 4.78 is 9.93. The minimum absolute atomic E-state index is 0.185. The molecule has 0 amide bonds. The van der Waals surface area contributed by atoms with E-state index >= 15 is 0 Å². The molecule has 0 unspecified atom stereocenters. The van der Waals surface area contributed by atoms with Gasteiger partial charge in [0.25, 0.3) is 0 Å². The van der Waals surface area contributed by atoms with E-state index in [4.69, 9.17) is 14.7 Å². The quantitative estimate of drug-likeness (QED) is 0.794. The molecule has 0 saturated heterocycles. The van der Waals surface area contributed by atoms with E-state index in [1.54, 1.807) is 6.92 Å². The van der Waals surface area contributed by atoms with Crippen molar-refractivity contribution in [2.24, 2.45) is 0 Å². The minimum Gasteiger partial charge on any atom is -0.495 e. The first-order valence-corrected chi connectivity index (χ1v) is 5.07.